The minimum Gasteiger partial charge on any atom is -0.326 e. The number of nitrogens with zero attached hydrogens (tertiary/aromatic N) is 2. The molecule has 108 valence electrons. The van der Waals surface area contributed by atoms with Crippen LogP contribution in [-0.2, 0) is 13.0 Å². The van der Waals surface area contributed by atoms with Crippen molar-refractivity contribution in [2.45, 2.75) is 58.4 Å². The minimum atomic E-state index is 0.488. The van der Waals surface area contributed by atoms with E-state index in [9.17, 15) is 0 Å². The Bertz CT molecular complexity index is 379. The van der Waals surface area contributed by atoms with Crippen LogP contribution in [0.2, 0.25) is 0 Å². The zero-order valence-electron chi connectivity index (χ0n) is 12.3. The number of likely N-dealkylation sites (tertiary alicyclic amines) is 1. The first-order chi connectivity index (χ1) is 9.20. The van der Waals surface area contributed by atoms with Crippen LogP contribution in [-0.4, -0.2) is 29.5 Å². The quantitative estimate of drug-likeness (QED) is 0.901. The standard InChI is InChI=1S/C15H27N3S/c1-12(2)15-13(11-16)19-14(17-15)7-10-18-8-5-3-4-6-9-18/h12H,3-11,16H2,1-2H3. The Hall–Kier alpha value is -0.450. The van der Waals surface area contributed by atoms with Crippen molar-refractivity contribution in [3.05, 3.63) is 15.6 Å². The van der Waals surface area contributed by atoms with E-state index in [0.29, 0.717) is 12.5 Å². The first kappa shape index (κ1) is 14.9. The third-order valence-electron chi connectivity index (χ3n) is 3.84. The van der Waals surface area contributed by atoms with Crippen LogP contribution in [0.3, 0.4) is 0 Å². The molecule has 0 saturated carbocycles. The van der Waals surface area contributed by atoms with Gasteiger partial charge in [0.05, 0.1) is 10.7 Å². The minimum absolute atomic E-state index is 0.488. The maximum absolute atomic E-state index is 5.82. The maximum Gasteiger partial charge on any atom is 0.0944 e. The van der Waals surface area contributed by atoms with E-state index < -0.39 is 0 Å². The van der Waals surface area contributed by atoms with Crippen LogP contribution in [0.15, 0.2) is 0 Å². The zero-order valence-corrected chi connectivity index (χ0v) is 13.1. The number of hydrogen-bond acceptors (Lipinski definition) is 4. The molecule has 0 atom stereocenters. The van der Waals surface area contributed by atoms with Crippen molar-refractivity contribution in [2.75, 3.05) is 19.6 Å². The fourth-order valence-corrected chi connectivity index (χ4v) is 3.82. The predicted molar refractivity (Wildman–Crippen MR) is 82.7 cm³/mol. The van der Waals surface area contributed by atoms with Crippen LogP contribution >= 0.6 is 11.3 Å². The zero-order chi connectivity index (χ0) is 13.7. The van der Waals surface area contributed by atoms with Gasteiger partial charge in [-0.3, -0.25) is 0 Å². The highest BCUT2D eigenvalue weighted by Crippen LogP contribution is 2.25. The Morgan fingerprint density at radius 2 is 1.89 bits per heavy atom. The number of aromatic nitrogens is 1. The Morgan fingerprint density at radius 3 is 2.42 bits per heavy atom. The number of nitrogens with two attached hydrogens (primary N) is 1. The molecule has 19 heavy (non-hydrogen) atoms. The molecule has 0 aromatic carbocycles. The maximum atomic E-state index is 5.82. The Kier molecular flexibility index (Phi) is 5.79. The van der Waals surface area contributed by atoms with E-state index in [1.165, 1.54) is 54.4 Å². The summed E-state index contributed by atoms with van der Waals surface area (Å²) in [5, 5.41) is 1.27. The SMILES string of the molecule is CC(C)c1nc(CCN2CCCCCC2)sc1CN. The molecule has 0 bridgehead atoms. The number of thiazole rings is 1. The monoisotopic (exact) mass is 281 g/mol. The average Bonchev–Trinajstić information content (AvgIpc) is 2.64. The molecule has 0 unspecified atom stereocenters. The van der Waals surface area contributed by atoms with Gasteiger partial charge in [-0.05, 0) is 31.8 Å². The van der Waals surface area contributed by atoms with E-state index in [4.69, 9.17) is 10.7 Å². The van der Waals surface area contributed by atoms with Crippen LogP contribution < -0.4 is 5.73 Å². The van der Waals surface area contributed by atoms with Crippen molar-refractivity contribution < 1.29 is 0 Å². The summed E-state index contributed by atoms with van der Waals surface area (Å²) in [5.74, 6) is 0.488. The first-order valence-corrected chi connectivity index (χ1v) is 8.43. The topological polar surface area (TPSA) is 42.2 Å². The van der Waals surface area contributed by atoms with E-state index in [1.54, 1.807) is 0 Å². The van der Waals surface area contributed by atoms with Crippen molar-refractivity contribution in [1.29, 1.82) is 0 Å². The second kappa shape index (κ2) is 7.36. The van der Waals surface area contributed by atoms with Crippen molar-refractivity contribution in [3.8, 4) is 0 Å². The highest BCUT2D eigenvalue weighted by Gasteiger charge is 2.14. The van der Waals surface area contributed by atoms with Gasteiger partial charge in [0.2, 0.25) is 0 Å². The second-order valence-electron chi connectivity index (χ2n) is 5.78. The molecule has 2 heterocycles. The average molecular weight is 281 g/mol. The van der Waals surface area contributed by atoms with Crippen LogP contribution in [0.5, 0.6) is 0 Å². The van der Waals surface area contributed by atoms with Crippen LogP contribution in [0.1, 0.15) is 61.0 Å². The summed E-state index contributed by atoms with van der Waals surface area (Å²) >= 11 is 1.82. The molecule has 0 spiro atoms. The summed E-state index contributed by atoms with van der Waals surface area (Å²) in [6.45, 7) is 8.74. The molecule has 3 nitrogen and oxygen atoms in total. The van der Waals surface area contributed by atoms with Gasteiger partial charge in [-0.25, -0.2) is 4.98 Å². The molecule has 1 saturated heterocycles. The van der Waals surface area contributed by atoms with Gasteiger partial charge < -0.3 is 10.6 Å². The summed E-state index contributed by atoms with van der Waals surface area (Å²) < 4.78 is 0. The lowest BCUT2D eigenvalue weighted by Gasteiger charge is -2.18. The van der Waals surface area contributed by atoms with E-state index >= 15 is 0 Å². The second-order valence-corrected chi connectivity index (χ2v) is 6.95. The van der Waals surface area contributed by atoms with E-state index in [2.05, 4.69) is 18.7 Å². The van der Waals surface area contributed by atoms with Crippen molar-refractivity contribution in [2.24, 2.45) is 5.73 Å². The van der Waals surface area contributed by atoms with Gasteiger partial charge in [0, 0.05) is 24.4 Å². The van der Waals surface area contributed by atoms with Gasteiger partial charge in [0.25, 0.3) is 0 Å². The van der Waals surface area contributed by atoms with Crippen LogP contribution in [0, 0.1) is 0 Å². The summed E-state index contributed by atoms with van der Waals surface area (Å²) in [7, 11) is 0. The van der Waals surface area contributed by atoms with Crippen LogP contribution in [0.4, 0.5) is 0 Å². The van der Waals surface area contributed by atoms with Crippen LogP contribution in [0.25, 0.3) is 0 Å². The van der Waals surface area contributed by atoms with Gasteiger partial charge in [0.1, 0.15) is 0 Å². The molecule has 0 amide bonds. The van der Waals surface area contributed by atoms with E-state index in [1.807, 2.05) is 11.3 Å². The lowest BCUT2D eigenvalue weighted by molar-refractivity contribution is 0.288. The van der Waals surface area contributed by atoms with Crippen molar-refractivity contribution >= 4 is 11.3 Å². The lowest BCUT2D eigenvalue weighted by atomic mass is 10.1. The Balaban J connectivity index is 1.91. The molecule has 1 aromatic rings. The third-order valence-corrected chi connectivity index (χ3v) is 5.00. The van der Waals surface area contributed by atoms with E-state index in [0.717, 1.165) is 13.0 Å². The summed E-state index contributed by atoms with van der Waals surface area (Å²) in [6.07, 6.45) is 6.63. The largest absolute Gasteiger partial charge is 0.326 e. The molecule has 1 aromatic heterocycles. The number of rotatable bonds is 5. The molecular formula is C15H27N3S. The summed E-state index contributed by atoms with van der Waals surface area (Å²) in [4.78, 5) is 8.68. The molecule has 2 N–H and O–H groups in total. The van der Waals surface area contributed by atoms with Crippen molar-refractivity contribution in [3.63, 3.8) is 0 Å². The number of hydrogen-bond donors (Lipinski definition) is 1. The molecule has 2 rings (SSSR count). The summed E-state index contributed by atoms with van der Waals surface area (Å²) in [5.41, 5.74) is 7.04. The lowest BCUT2D eigenvalue weighted by Crippen LogP contribution is -2.26. The van der Waals surface area contributed by atoms with Gasteiger partial charge in [-0.2, -0.15) is 0 Å². The first-order valence-electron chi connectivity index (χ1n) is 7.61. The van der Waals surface area contributed by atoms with E-state index in [-0.39, 0.29) is 0 Å². The Morgan fingerprint density at radius 1 is 1.21 bits per heavy atom. The summed E-state index contributed by atoms with van der Waals surface area (Å²) in [6, 6.07) is 0. The molecule has 0 aliphatic carbocycles. The molecule has 1 aliphatic heterocycles. The fraction of sp³-hybridized carbons (Fsp3) is 0.800. The molecular weight excluding hydrogens is 254 g/mol. The highest BCUT2D eigenvalue weighted by atomic mass is 32.1. The molecule has 4 heteroatoms. The Labute approximate surface area is 121 Å². The molecule has 0 radical (unpaired) electrons. The van der Waals surface area contributed by atoms with Gasteiger partial charge in [-0.15, -0.1) is 11.3 Å². The van der Waals surface area contributed by atoms with Gasteiger partial charge >= 0.3 is 0 Å². The predicted octanol–water partition coefficient (Wildman–Crippen LogP) is 3.14. The van der Waals surface area contributed by atoms with Gasteiger partial charge in [-0.1, -0.05) is 26.7 Å². The third kappa shape index (κ3) is 4.26. The normalized spacial score (nSPS) is 17.9. The van der Waals surface area contributed by atoms with Crippen molar-refractivity contribution in [1.82, 2.24) is 9.88 Å². The highest BCUT2D eigenvalue weighted by molar-refractivity contribution is 7.11. The van der Waals surface area contributed by atoms with Gasteiger partial charge in [0.15, 0.2) is 0 Å². The fourth-order valence-electron chi connectivity index (χ4n) is 2.73. The molecule has 1 fully saturated rings. The smallest absolute Gasteiger partial charge is 0.0944 e. The molecule has 1 aliphatic rings.